The Morgan fingerprint density at radius 2 is 1.92 bits per heavy atom. The number of hydrogen-bond donors (Lipinski definition) is 2. The Hall–Kier alpha value is -1.31. The summed E-state index contributed by atoms with van der Waals surface area (Å²) in [6.07, 6.45) is 3.34. The van der Waals surface area contributed by atoms with Gasteiger partial charge in [0.25, 0.3) is 0 Å². The van der Waals surface area contributed by atoms with Crippen LogP contribution in [0.5, 0.6) is 0 Å². The number of likely N-dealkylation sites (N-methyl/N-ethyl adjacent to an activating group) is 1. The Morgan fingerprint density at radius 1 is 1.33 bits per heavy atom. The molecule has 1 heterocycles. The molecule has 0 aliphatic heterocycles. The maximum Gasteiger partial charge on any atom is 0.247 e. The molecule has 2 amide bonds. The minimum Gasteiger partial charge on any atom is -0.348 e. The minimum absolute atomic E-state index is 0. The van der Waals surface area contributed by atoms with Gasteiger partial charge in [0.15, 0.2) is 0 Å². The number of nitrogens with zero attached hydrogens (tertiary/aromatic N) is 3. The number of aromatic nitrogens is 2. The lowest BCUT2D eigenvalue weighted by atomic mass is 9.88. The summed E-state index contributed by atoms with van der Waals surface area (Å²) < 4.78 is 1.56. The molecule has 0 spiro atoms. The first kappa shape index (κ1) is 24.9. The van der Waals surface area contributed by atoms with Crippen molar-refractivity contribution in [1.29, 1.82) is 0 Å². The summed E-state index contributed by atoms with van der Waals surface area (Å²) in [6.45, 7) is 8.00. The van der Waals surface area contributed by atoms with E-state index in [0.29, 0.717) is 6.54 Å². The van der Waals surface area contributed by atoms with Gasteiger partial charge < -0.3 is 16.0 Å². The van der Waals surface area contributed by atoms with Crippen molar-refractivity contribution in [2.24, 2.45) is 11.7 Å². The zero-order valence-corrected chi connectivity index (χ0v) is 16.5. The molecule has 1 rings (SSSR count). The average Bonchev–Trinajstić information content (AvgIpc) is 2.99. The van der Waals surface area contributed by atoms with Gasteiger partial charge in [-0.3, -0.25) is 14.3 Å². The fourth-order valence-electron chi connectivity index (χ4n) is 2.02. The van der Waals surface area contributed by atoms with Gasteiger partial charge in [0, 0.05) is 26.0 Å². The maximum atomic E-state index is 12.3. The van der Waals surface area contributed by atoms with Crippen LogP contribution in [0.4, 0.5) is 0 Å². The summed E-state index contributed by atoms with van der Waals surface area (Å²) in [5.74, 6) is -0.187. The lowest BCUT2D eigenvalue weighted by Gasteiger charge is -2.34. The first-order chi connectivity index (χ1) is 10.2. The summed E-state index contributed by atoms with van der Waals surface area (Å²) in [4.78, 5) is 25.9. The highest BCUT2D eigenvalue weighted by molar-refractivity contribution is 5.86. The molecule has 9 heteroatoms. The fraction of sp³-hybridized carbons (Fsp3) is 0.667. The molecule has 0 radical (unpaired) electrons. The number of hydrogen-bond acceptors (Lipinski definition) is 4. The number of amides is 2. The number of carbonyl (C=O) groups is 2. The van der Waals surface area contributed by atoms with E-state index in [9.17, 15) is 9.59 Å². The normalized spacial score (nSPS) is 14.0. The van der Waals surface area contributed by atoms with Crippen LogP contribution in [0.3, 0.4) is 0 Å². The second-order valence-electron chi connectivity index (χ2n) is 6.18. The van der Waals surface area contributed by atoms with Crippen molar-refractivity contribution in [1.82, 2.24) is 20.0 Å². The van der Waals surface area contributed by atoms with E-state index >= 15 is 0 Å². The van der Waals surface area contributed by atoms with Gasteiger partial charge >= 0.3 is 0 Å². The van der Waals surface area contributed by atoms with E-state index < -0.39 is 11.6 Å². The van der Waals surface area contributed by atoms with Crippen LogP contribution in [0, 0.1) is 5.92 Å². The van der Waals surface area contributed by atoms with Crippen LogP contribution >= 0.6 is 24.8 Å². The third-order valence-electron chi connectivity index (χ3n) is 4.16. The molecular weight excluding hydrogens is 353 g/mol. The van der Waals surface area contributed by atoms with Crippen molar-refractivity contribution in [2.45, 2.75) is 39.3 Å². The van der Waals surface area contributed by atoms with E-state index in [1.807, 2.05) is 20.8 Å². The Kier molecular flexibility index (Phi) is 10.9. The Bertz CT molecular complexity index is 510. The zero-order valence-electron chi connectivity index (χ0n) is 14.9. The smallest absolute Gasteiger partial charge is 0.247 e. The van der Waals surface area contributed by atoms with Crippen LogP contribution < -0.4 is 11.1 Å². The Balaban J connectivity index is 0. The topological polar surface area (TPSA) is 93.3 Å². The van der Waals surface area contributed by atoms with E-state index in [-0.39, 0.29) is 49.1 Å². The highest BCUT2D eigenvalue weighted by Crippen LogP contribution is 2.14. The molecule has 0 aliphatic carbocycles. The molecule has 0 bridgehead atoms. The fourth-order valence-corrected chi connectivity index (χ4v) is 2.02. The van der Waals surface area contributed by atoms with Crippen LogP contribution in [0.15, 0.2) is 18.5 Å². The zero-order chi connectivity index (χ0) is 16.9. The summed E-state index contributed by atoms with van der Waals surface area (Å²) >= 11 is 0. The predicted molar refractivity (Wildman–Crippen MR) is 99.5 cm³/mol. The third-order valence-corrected chi connectivity index (χ3v) is 4.16. The molecule has 3 N–H and O–H groups in total. The van der Waals surface area contributed by atoms with Gasteiger partial charge in [-0.05, 0) is 25.8 Å². The molecule has 0 aromatic carbocycles. The lowest BCUT2D eigenvalue weighted by Crippen LogP contribution is -2.57. The molecule has 140 valence electrons. The molecule has 2 unspecified atom stereocenters. The average molecular weight is 382 g/mol. The Labute approximate surface area is 156 Å². The highest BCUT2D eigenvalue weighted by Gasteiger charge is 2.29. The molecule has 1 aromatic heterocycles. The Morgan fingerprint density at radius 3 is 2.33 bits per heavy atom. The van der Waals surface area contributed by atoms with Gasteiger partial charge in [-0.1, -0.05) is 13.8 Å². The van der Waals surface area contributed by atoms with Crippen molar-refractivity contribution in [2.75, 3.05) is 20.1 Å². The first-order valence-corrected chi connectivity index (χ1v) is 7.46. The second kappa shape index (κ2) is 10.5. The van der Waals surface area contributed by atoms with E-state index in [1.165, 1.54) is 4.90 Å². The minimum atomic E-state index is -0.478. The van der Waals surface area contributed by atoms with Crippen LogP contribution in [-0.4, -0.2) is 52.2 Å². The molecule has 0 fully saturated rings. The van der Waals surface area contributed by atoms with Crippen LogP contribution in [0.2, 0.25) is 0 Å². The van der Waals surface area contributed by atoms with E-state index in [2.05, 4.69) is 10.4 Å². The number of nitrogens with two attached hydrogens (primary N) is 1. The predicted octanol–water partition coefficient (Wildman–Crippen LogP) is 1.24. The lowest BCUT2D eigenvalue weighted by molar-refractivity contribution is -0.137. The molecule has 24 heavy (non-hydrogen) atoms. The molecular formula is C15H29Cl2N5O2. The van der Waals surface area contributed by atoms with Gasteiger partial charge in [0.2, 0.25) is 11.8 Å². The molecule has 1 aromatic rings. The number of rotatable bonds is 7. The van der Waals surface area contributed by atoms with Crippen LogP contribution in [0.1, 0.15) is 33.7 Å². The van der Waals surface area contributed by atoms with Gasteiger partial charge in [-0.15, -0.1) is 24.8 Å². The van der Waals surface area contributed by atoms with Crippen LogP contribution in [0.25, 0.3) is 0 Å². The summed E-state index contributed by atoms with van der Waals surface area (Å²) in [6, 6.07) is 1.31. The maximum absolute atomic E-state index is 12.3. The van der Waals surface area contributed by atoms with Crippen molar-refractivity contribution < 1.29 is 9.59 Å². The van der Waals surface area contributed by atoms with Gasteiger partial charge in [0.1, 0.15) is 6.04 Å². The quantitative estimate of drug-likeness (QED) is 0.742. The third kappa shape index (κ3) is 6.30. The van der Waals surface area contributed by atoms with Gasteiger partial charge in [0.05, 0.1) is 12.1 Å². The van der Waals surface area contributed by atoms with Gasteiger partial charge in [-0.25, -0.2) is 0 Å². The number of nitrogens with one attached hydrogen (secondary N) is 1. The van der Waals surface area contributed by atoms with Gasteiger partial charge in [-0.2, -0.15) is 5.10 Å². The molecule has 0 saturated heterocycles. The van der Waals surface area contributed by atoms with E-state index in [1.54, 1.807) is 37.1 Å². The second-order valence-corrected chi connectivity index (χ2v) is 6.18. The number of halogens is 2. The molecule has 0 aliphatic rings. The molecule has 2 atom stereocenters. The summed E-state index contributed by atoms with van der Waals surface area (Å²) in [5, 5.41) is 6.97. The van der Waals surface area contributed by atoms with E-state index in [4.69, 9.17) is 5.73 Å². The number of carbonyl (C=O) groups excluding carboxylic acids is 2. The highest BCUT2D eigenvalue weighted by atomic mass is 35.5. The monoisotopic (exact) mass is 381 g/mol. The molecule has 0 saturated carbocycles. The van der Waals surface area contributed by atoms with Crippen molar-refractivity contribution in [3.63, 3.8) is 0 Å². The largest absolute Gasteiger partial charge is 0.348 e. The summed E-state index contributed by atoms with van der Waals surface area (Å²) in [5.41, 5.74) is 5.27. The first-order valence-electron chi connectivity index (χ1n) is 7.46. The van der Waals surface area contributed by atoms with E-state index in [0.717, 1.165) is 0 Å². The SMILES string of the molecule is CC(C(=O)N(C)CC(=O)NC(C)(CN)C(C)C)n1cccn1.Cl.Cl. The standard InChI is InChI=1S/C15H27N5O2.2ClH/c1-11(2)15(4,10-16)18-13(21)9-19(5)14(22)12(3)20-8-6-7-17-20;;/h6-8,11-12H,9-10,16H2,1-5H3,(H,18,21);2*1H. The van der Waals surface area contributed by atoms with Crippen molar-refractivity contribution in [3.8, 4) is 0 Å². The molecule has 7 nitrogen and oxygen atoms in total. The van der Waals surface area contributed by atoms with Crippen molar-refractivity contribution in [3.05, 3.63) is 18.5 Å². The summed E-state index contributed by atoms with van der Waals surface area (Å²) in [7, 11) is 1.61. The van der Waals surface area contributed by atoms with Crippen molar-refractivity contribution >= 4 is 36.6 Å². The van der Waals surface area contributed by atoms with Crippen LogP contribution in [-0.2, 0) is 9.59 Å².